The van der Waals surface area contributed by atoms with Gasteiger partial charge in [0.05, 0.1) is 30.5 Å². The van der Waals surface area contributed by atoms with Crippen molar-refractivity contribution in [2.75, 3.05) is 26.3 Å². The van der Waals surface area contributed by atoms with E-state index in [1.165, 1.54) is 19.3 Å². The first-order valence-electron chi connectivity index (χ1n) is 8.30. The summed E-state index contributed by atoms with van der Waals surface area (Å²) in [7, 11) is 0. The molecule has 2 aliphatic rings. The van der Waals surface area contributed by atoms with Gasteiger partial charge >= 0.3 is 6.03 Å². The smallest absolute Gasteiger partial charge is 0.317 e. The molecule has 2 fully saturated rings. The molecule has 0 bridgehead atoms. The zero-order chi connectivity index (χ0) is 15.4. The van der Waals surface area contributed by atoms with Crippen LogP contribution in [0.25, 0.3) is 0 Å². The van der Waals surface area contributed by atoms with Gasteiger partial charge in [-0.05, 0) is 12.3 Å². The Kier molecular flexibility index (Phi) is 5.31. The van der Waals surface area contributed by atoms with Gasteiger partial charge in [0.15, 0.2) is 0 Å². The molecule has 1 aromatic rings. The fourth-order valence-corrected chi connectivity index (χ4v) is 3.83. The van der Waals surface area contributed by atoms with Gasteiger partial charge in [-0.25, -0.2) is 9.78 Å². The van der Waals surface area contributed by atoms with Crippen LogP contribution in [-0.4, -0.2) is 42.2 Å². The lowest BCUT2D eigenvalue weighted by molar-refractivity contribution is 0.0775. The molecule has 6 heteroatoms. The Morgan fingerprint density at radius 1 is 1.50 bits per heavy atom. The first-order valence-corrected chi connectivity index (χ1v) is 9.18. The van der Waals surface area contributed by atoms with E-state index in [2.05, 4.69) is 17.2 Å². The van der Waals surface area contributed by atoms with E-state index in [1.54, 1.807) is 11.3 Å². The van der Waals surface area contributed by atoms with Crippen LogP contribution in [0.1, 0.15) is 36.9 Å². The lowest BCUT2D eigenvalue weighted by Crippen LogP contribution is -2.44. The molecule has 1 N–H and O–H groups in total. The fourth-order valence-electron chi connectivity index (χ4n) is 3.09. The van der Waals surface area contributed by atoms with Crippen molar-refractivity contribution in [2.45, 2.75) is 39.2 Å². The third kappa shape index (κ3) is 3.79. The molecule has 0 unspecified atom stereocenters. The summed E-state index contributed by atoms with van der Waals surface area (Å²) >= 11 is 1.66. The molecule has 5 nitrogen and oxygen atoms in total. The van der Waals surface area contributed by atoms with E-state index in [4.69, 9.17) is 4.74 Å². The summed E-state index contributed by atoms with van der Waals surface area (Å²) in [5.41, 5.74) is 0.955. The Hall–Kier alpha value is -1.14. The molecule has 22 heavy (non-hydrogen) atoms. The number of aromatic nitrogens is 1. The van der Waals surface area contributed by atoms with Crippen LogP contribution < -0.4 is 5.32 Å². The summed E-state index contributed by atoms with van der Waals surface area (Å²) in [5.74, 6) is 1.26. The van der Waals surface area contributed by atoms with Gasteiger partial charge in [0.2, 0.25) is 0 Å². The monoisotopic (exact) mass is 323 g/mol. The van der Waals surface area contributed by atoms with E-state index in [-0.39, 0.29) is 6.03 Å². The number of urea groups is 1. The van der Waals surface area contributed by atoms with Gasteiger partial charge in [-0.1, -0.05) is 26.2 Å². The van der Waals surface area contributed by atoms with Crippen molar-refractivity contribution in [3.05, 3.63) is 16.1 Å². The number of carbonyl (C=O) groups is 1. The number of carbonyl (C=O) groups excluding carboxylic acids is 1. The van der Waals surface area contributed by atoms with Gasteiger partial charge in [-0.2, -0.15) is 0 Å². The molecular formula is C16H25N3O2S. The van der Waals surface area contributed by atoms with Crippen molar-refractivity contribution in [3.63, 3.8) is 0 Å². The van der Waals surface area contributed by atoms with Crippen LogP contribution in [0.4, 0.5) is 4.79 Å². The number of thiazole rings is 1. The van der Waals surface area contributed by atoms with E-state index >= 15 is 0 Å². The predicted molar refractivity (Wildman–Crippen MR) is 87.0 cm³/mol. The second kappa shape index (κ2) is 7.42. The zero-order valence-corrected chi connectivity index (χ0v) is 14.0. The minimum Gasteiger partial charge on any atom is -0.379 e. The number of hydrogen-bond donors (Lipinski definition) is 1. The molecule has 122 valence electrons. The molecule has 1 atom stereocenters. The third-order valence-corrected chi connectivity index (χ3v) is 5.76. The molecule has 1 saturated heterocycles. The highest BCUT2D eigenvalue weighted by molar-refractivity contribution is 7.09. The van der Waals surface area contributed by atoms with Crippen molar-refractivity contribution in [1.29, 1.82) is 0 Å². The highest BCUT2D eigenvalue weighted by Crippen LogP contribution is 2.34. The summed E-state index contributed by atoms with van der Waals surface area (Å²) in [4.78, 5) is 18.8. The first-order chi connectivity index (χ1) is 10.8. The highest BCUT2D eigenvalue weighted by Gasteiger charge is 2.31. The average Bonchev–Trinajstić information content (AvgIpc) is 2.81. The molecule has 2 heterocycles. The maximum Gasteiger partial charge on any atom is 0.317 e. The van der Waals surface area contributed by atoms with Crippen LogP contribution >= 0.6 is 11.3 Å². The molecule has 2 amide bonds. The molecular weight excluding hydrogens is 298 g/mol. The van der Waals surface area contributed by atoms with Gasteiger partial charge in [0.25, 0.3) is 0 Å². The number of nitrogens with zero attached hydrogens (tertiary/aromatic N) is 2. The van der Waals surface area contributed by atoms with Gasteiger partial charge in [0.1, 0.15) is 0 Å². The minimum absolute atomic E-state index is 0.0147. The van der Waals surface area contributed by atoms with Crippen LogP contribution in [-0.2, 0) is 17.7 Å². The van der Waals surface area contributed by atoms with Crippen LogP contribution in [0, 0.1) is 11.8 Å². The molecule has 0 spiro atoms. The first kappa shape index (κ1) is 15.7. The Balaban J connectivity index is 1.51. The molecule has 3 rings (SSSR count). The van der Waals surface area contributed by atoms with Crippen LogP contribution in [0.15, 0.2) is 5.38 Å². The van der Waals surface area contributed by atoms with E-state index in [9.17, 15) is 4.79 Å². The van der Waals surface area contributed by atoms with Crippen LogP contribution in [0.5, 0.6) is 0 Å². The van der Waals surface area contributed by atoms with E-state index in [0.717, 1.165) is 36.2 Å². The van der Waals surface area contributed by atoms with Gasteiger partial charge in [-0.3, -0.25) is 0 Å². The largest absolute Gasteiger partial charge is 0.379 e. The lowest BCUT2D eigenvalue weighted by atomic mass is 9.76. The number of aryl methyl sites for hydroxylation is 1. The summed E-state index contributed by atoms with van der Waals surface area (Å²) in [6.07, 6.45) is 4.87. The number of rotatable bonds is 4. The number of hydrogen-bond acceptors (Lipinski definition) is 4. The van der Waals surface area contributed by atoms with Crippen molar-refractivity contribution in [1.82, 2.24) is 15.2 Å². The Morgan fingerprint density at radius 3 is 3.05 bits per heavy atom. The Bertz CT molecular complexity index is 501. The number of amides is 2. The van der Waals surface area contributed by atoms with Gasteiger partial charge < -0.3 is 15.0 Å². The summed E-state index contributed by atoms with van der Waals surface area (Å²) in [6.45, 7) is 5.58. The summed E-state index contributed by atoms with van der Waals surface area (Å²) in [5, 5.41) is 6.16. The second-order valence-electron chi connectivity index (χ2n) is 6.22. The maximum absolute atomic E-state index is 12.4. The molecule has 1 aliphatic heterocycles. The lowest BCUT2D eigenvalue weighted by Gasteiger charge is -2.34. The van der Waals surface area contributed by atoms with Crippen molar-refractivity contribution >= 4 is 17.4 Å². The highest BCUT2D eigenvalue weighted by atomic mass is 32.1. The van der Waals surface area contributed by atoms with Gasteiger partial charge in [0, 0.05) is 24.4 Å². The average molecular weight is 323 g/mol. The van der Waals surface area contributed by atoms with Gasteiger partial charge in [-0.15, -0.1) is 11.3 Å². The molecule has 1 saturated carbocycles. The van der Waals surface area contributed by atoms with Crippen LogP contribution in [0.3, 0.4) is 0 Å². The minimum atomic E-state index is 0.0147. The third-order valence-electron chi connectivity index (χ3n) is 4.72. The van der Waals surface area contributed by atoms with Crippen molar-refractivity contribution < 1.29 is 9.53 Å². The zero-order valence-electron chi connectivity index (χ0n) is 13.2. The Labute approximate surface area is 136 Å². The summed E-state index contributed by atoms with van der Waals surface area (Å²) in [6, 6.07) is 0.0147. The predicted octanol–water partition coefficient (Wildman–Crippen LogP) is 2.66. The quantitative estimate of drug-likeness (QED) is 0.927. The standard InChI is InChI=1S/C16H25N3O2S/c1-2-15-18-14(11-22-15)8-17-16(20)19-6-7-21-10-13(9-19)12-4-3-5-12/h11-13H,2-10H2,1H3,(H,17,20)/t13-/m1/s1. The van der Waals surface area contributed by atoms with Crippen molar-refractivity contribution in [2.24, 2.45) is 11.8 Å². The maximum atomic E-state index is 12.4. The van der Waals surface area contributed by atoms with E-state index < -0.39 is 0 Å². The topological polar surface area (TPSA) is 54.5 Å². The number of nitrogens with one attached hydrogen (secondary N) is 1. The normalized spacial score (nSPS) is 23.0. The molecule has 1 aliphatic carbocycles. The SMILES string of the molecule is CCc1nc(CNC(=O)N2CCOC[C@H](C3CCC3)C2)cs1. The molecule has 0 radical (unpaired) electrons. The van der Waals surface area contributed by atoms with Crippen LogP contribution in [0.2, 0.25) is 0 Å². The van der Waals surface area contributed by atoms with Crippen molar-refractivity contribution in [3.8, 4) is 0 Å². The molecule has 0 aromatic carbocycles. The van der Waals surface area contributed by atoms with E-state index in [1.807, 2.05) is 10.3 Å². The fraction of sp³-hybridized carbons (Fsp3) is 0.750. The van der Waals surface area contributed by atoms with E-state index in [0.29, 0.717) is 25.6 Å². The molecule has 1 aromatic heterocycles. The summed E-state index contributed by atoms with van der Waals surface area (Å²) < 4.78 is 5.69. The Morgan fingerprint density at radius 2 is 2.36 bits per heavy atom. The number of ether oxygens (including phenoxy) is 1. The second-order valence-corrected chi connectivity index (χ2v) is 7.16.